The molecule has 0 atom stereocenters. The Kier molecular flexibility index (Phi) is 4.54. The maximum atomic E-state index is 13.2. The van der Waals surface area contributed by atoms with Gasteiger partial charge >= 0.3 is 6.18 Å². The summed E-state index contributed by atoms with van der Waals surface area (Å²) >= 11 is 0. The second-order valence-corrected chi connectivity index (χ2v) is 6.51. The zero-order valence-electron chi connectivity index (χ0n) is 15.2. The predicted octanol–water partition coefficient (Wildman–Crippen LogP) is 5.26. The largest absolute Gasteiger partial charge is 0.416 e. The van der Waals surface area contributed by atoms with Gasteiger partial charge in [-0.1, -0.05) is 24.3 Å². The van der Waals surface area contributed by atoms with E-state index in [0.717, 1.165) is 17.5 Å². The second kappa shape index (κ2) is 7.05. The van der Waals surface area contributed by atoms with Crippen LogP contribution in [0.1, 0.15) is 21.7 Å². The Balaban J connectivity index is 1.88. The molecule has 0 saturated carbocycles. The molecule has 0 aliphatic heterocycles. The first-order chi connectivity index (χ1) is 13.8. The van der Waals surface area contributed by atoms with Crippen LogP contribution in [0.3, 0.4) is 0 Å². The molecule has 5 nitrogen and oxygen atoms in total. The molecular weight excluding hydrogens is 381 g/mol. The normalized spacial score (nSPS) is 11.6. The minimum absolute atomic E-state index is 0.0718. The lowest BCUT2D eigenvalue weighted by molar-refractivity contribution is -0.137. The van der Waals surface area contributed by atoms with E-state index in [1.54, 1.807) is 13.0 Å². The SMILES string of the molecule is Cc1cc(C(=O)N(c2cccc(C(F)(F)F)c2)c2cnc3ccccc3c2)n[nH]1. The van der Waals surface area contributed by atoms with Crippen molar-refractivity contribution >= 4 is 28.2 Å². The number of alkyl halides is 3. The van der Waals surface area contributed by atoms with Crippen LogP contribution in [0.15, 0.2) is 66.9 Å². The summed E-state index contributed by atoms with van der Waals surface area (Å²) in [4.78, 5) is 18.7. The molecule has 0 unspecified atom stereocenters. The molecule has 0 aliphatic rings. The molecule has 0 radical (unpaired) electrons. The van der Waals surface area contributed by atoms with E-state index in [4.69, 9.17) is 0 Å². The number of carbonyl (C=O) groups is 1. The number of nitrogens with one attached hydrogen (secondary N) is 1. The van der Waals surface area contributed by atoms with Crippen molar-refractivity contribution in [2.45, 2.75) is 13.1 Å². The molecule has 2 aromatic heterocycles. The first-order valence-electron chi connectivity index (χ1n) is 8.71. The van der Waals surface area contributed by atoms with Gasteiger partial charge in [0, 0.05) is 16.8 Å². The molecule has 146 valence electrons. The van der Waals surface area contributed by atoms with Crippen LogP contribution in [0.25, 0.3) is 10.9 Å². The molecule has 4 aromatic rings. The molecule has 1 amide bonds. The van der Waals surface area contributed by atoms with Gasteiger partial charge in [0.25, 0.3) is 5.91 Å². The number of aromatic nitrogens is 3. The van der Waals surface area contributed by atoms with E-state index in [9.17, 15) is 18.0 Å². The number of nitrogens with zero attached hydrogens (tertiary/aromatic N) is 3. The maximum Gasteiger partial charge on any atom is 0.416 e. The van der Waals surface area contributed by atoms with Crippen molar-refractivity contribution in [3.63, 3.8) is 0 Å². The van der Waals surface area contributed by atoms with Gasteiger partial charge in [0.2, 0.25) is 0 Å². The Morgan fingerprint density at radius 1 is 1.00 bits per heavy atom. The van der Waals surface area contributed by atoms with E-state index in [1.165, 1.54) is 29.3 Å². The average Bonchev–Trinajstić information content (AvgIpc) is 3.14. The number of H-pyrrole nitrogens is 1. The van der Waals surface area contributed by atoms with Gasteiger partial charge < -0.3 is 0 Å². The van der Waals surface area contributed by atoms with Crippen LogP contribution >= 0.6 is 0 Å². The number of carbonyl (C=O) groups excluding carboxylic acids is 1. The number of pyridine rings is 1. The summed E-state index contributed by atoms with van der Waals surface area (Å²) in [6.45, 7) is 1.73. The number of hydrogen-bond donors (Lipinski definition) is 1. The van der Waals surface area contributed by atoms with Crippen LogP contribution in [0.4, 0.5) is 24.5 Å². The second-order valence-electron chi connectivity index (χ2n) is 6.51. The monoisotopic (exact) mass is 396 g/mol. The van der Waals surface area contributed by atoms with Crippen LogP contribution in [0.2, 0.25) is 0 Å². The van der Waals surface area contributed by atoms with Crippen LogP contribution in [0, 0.1) is 6.92 Å². The number of aryl methyl sites for hydroxylation is 1. The Labute approximate surface area is 163 Å². The molecule has 0 saturated heterocycles. The Hall–Kier alpha value is -3.68. The van der Waals surface area contributed by atoms with Crippen molar-refractivity contribution in [3.05, 3.63) is 83.8 Å². The van der Waals surface area contributed by atoms with Crippen LogP contribution in [-0.2, 0) is 6.18 Å². The van der Waals surface area contributed by atoms with Crippen molar-refractivity contribution in [2.24, 2.45) is 0 Å². The number of amides is 1. The molecule has 0 aliphatic carbocycles. The Morgan fingerprint density at radius 3 is 2.52 bits per heavy atom. The first kappa shape index (κ1) is 18.7. The van der Waals surface area contributed by atoms with E-state index in [0.29, 0.717) is 16.9 Å². The third-order valence-corrected chi connectivity index (χ3v) is 4.39. The summed E-state index contributed by atoms with van der Waals surface area (Å²) in [6, 6.07) is 15.1. The number of fused-ring (bicyclic) bond motifs is 1. The first-order valence-corrected chi connectivity index (χ1v) is 8.71. The summed E-state index contributed by atoms with van der Waals surface area (Å²) in [5.41, 5.74) is 1.03. The molecule has 0 fully saturated rings. The van der Waals surface area contributed by atoms with Crippen molar-refractivity contribution in [3.8, 4) is 0 Å². The van der Waals surface area contributed by atoms with Crippen molar-refractivity contribution in [2.75, 3.05) is 4.90 Å². The van der Waals surface area contributed by atoms with E-state index < -0.39 is 17.6 Å². The van der Waals surface area contributed by atoms with Gasteiger partial charge in [-0.15, -0.1) is 0 Å². The number of anilines is 2. The lowest BCUT2D eigenvalue weighted by atomic mass is 10.1. The van der Waals surface area contributed by atoms with Crippen molar-refractivity contribution in [1.82, 2.24) is 15.2 Å². The number of halogens is 3. The summed E-state index contributed by atoms with van der Waals surface area (Å²) in [5, 5.41) is 7.40. The highest BCUT2D eigenvalue weighted by atomic mass is 19.4. The number of benzene rings is 2. The zero-order valence-corrected chi connectivity index (χ0v) is 15.2. The highest BCUT2D eigenvalue weighted by Gasteiger charge is 2.32. The van der Waals surface area contributed by atoms with Crippen LogP contribution < -0.4 is 4.90 Å². The summed E-state index contributed by atoms with van der Waals surface area (Å²) in [7, 11) is 0. The summed E-state index contributed by atoms with van der Waals surface area (Å²) in [6.07, 6.45) is -3.07. The minimum atomic E-state index is -4.53. The molecule has 8 heteroatoms. The molecular formula is C21H15F3N4O. The van der Waals surface area contributed by atoms with Crippen molar-refractivity contribution in [1.29, 1.82) is 0 Å². The fourth-order valence-corrected chi connectivity index (χ4v) is 3.03. The molecule has 2 aromatic carbocycles. The van der Waals surface area contributed by atoms with E-state index in [2.05, 4.69) is 15.2 Å². The van der Waals surface area contributed by atoms with E-state index in [1.807, 2.05) is 24.3 Å². The van der Waals surface area contributed by atoms with Crippen LogP contribution in [0.5, 0.6) is 0 Å². The number of aromatic amines is 1. The lowest BCUT2D eigenvalue weighted by Gasteiger charge is -2.23. The minimum Gasteiger partial charge on any atom is -0.282 e. The molecule has 2 heterocycles. The summed E-state index contributed by atoms with van der Waals surface area (Å²) in [5.74, 6) is -0.564. The fraction of sp³-hybridized carbons (Fsp3) is 0.0952. The topological polar surface area (TPSA) is 61.9 Å². The average molecular weight is 396 g/mol. The maximum absolute atomic E-state index is 13.2. The summed E-state index contributed by atoms with van der Waals surface area (Å²) < 4.78 is 39.7. The number of hydrogen-bond acceptors (Lipinski definition) is 3. The lowest BCUT2D eigenvalue weighted by Crippen LogP contribution is -2.27. The Bertz CT molecular complexity index is 1200. The highest BCUT2D eigenvalue weighted by Crippen LogP contribution is 2.35. The van der Waals surface area contributed by atoms with Gasteiger partial charge in [-0.05, 0) is 43.3 Å². The van der Waals surface area contributed by atoms with E-state index in [-0.39, 0.29) is 11.4 Å². The third kappa shape index (κ3) is 3.69. The third-order valence-electron chi connectivity index (χ3n) is 4.39. The molecule has 1 N–H and O–H groups in total. The number of rotatable bonds is 3. The molecule has 0 bridgehead atoms. The van der Waals surface area contributed by atoms with Gasteiger partial charge in [0.15, 0.2) is 5.69 Å². The number of para-hydroxylation sites is 1. The van der Waals surface area contributed by atoms with Crippen LogP contribution in [-0.4, -0.2) is 21.1 Å². The van der Waals surface area contributed by atoms with Gasteiger partial charge in [-0.2, -0.15) is 18.3 Å². The molecule has 0 spiro atoms. The quantitative estimate of drug-likeness (QED) is 0.514. The smallest absolute Gasteiger partial charge is 0.282 e. The van der Waals surface area contributed by atoms with Gasteiger partial charge in [-0.3, -0.25) is 19.8 Å². The molecule has 4 rings (SSSR count). The van der Waals surface area contributed by atoms with E-state index >= 15 is 0 Å². The highest BCUT2D eigenvalue weighted by molar-refractivity contribution is 6.10. The standard InChI is InChI=1S/C21H15F3N4O/c1-13-9-19(27-26-13)20(29)28(16-7-4-6-15(11-16)21(22,23)24)17-10-14-5-2-3-8-18(14)25-12-17/h2-12H,1H3,(H,26,27). The predicted molar refractivity (Wildman–Crippen MR) is 103 cm³/mol. The van der Waals surface area contributed by atoms with Crippen molar-refractivity contribution < 1.29 is 18.0 Å². The fourth-order valence-electron chi connectivity index (χ4n) is 3.03. The van der Waals surface area contributed by atoms with Gasteiger partial charge in [-0.25, -0.2) is 0 Å². The zero-order chi connectivity index (χ0) is 20.6. The Morgan fingerprint density at radius 2 is 1.79 bits per heavy atom. The van der Waals surface area contributed by atoms with Gasteiger partial charge in [0.05, 0.1) is 23.0 Å². The van der Waals surface area contributed by atoms with Gasteiger partial charge in [0.1, 0.15) is 0 Å². The molecule has 29 heavy (non-hydrogen) atoms.